The van der Waals surface area contributed by atoms with Crippen molar-refractivity contribution in [3.63, 3.8) is 0 Å². The summed E-state index contributed by atoms with van der Waals surface area (Å²) in [5.41, 5.74) is 5.83. The van der Waals surface area contributed by atoms with Crippen molar-refractivity contribution in [1.82, 2.24) is 4.98 Å². The monoisotopic (exact) mass is 246 g/mol. The Labute approximate surface area is 105 Å². The molecule has 2 rings (SSSR count). The molecule has 0 aliphatic heterocycles. The quantitative estimate of drug-likeness (QED) is 0.873. The molecule has 0 aliphatic rings. The normalized spacial score (nSPS) is 14.2. The predicted octanol–water partition coefficient (Wildman–Crippen LogP) is 2.25. The molecule has 18 heavy (non-hydrogen) atoms. The molecule has 94 valence electrons. The molecule has 2 aromatic rings. The van der Waals surface area contributed by atoms with Crippen LogP contribution in [0, 0.1) is 5.82 Å². The van der Waals surface area contributed by atoms with E-state index in [4.69, 9.17) is 5.73 Å². The zero-order chi connectivity index (χ0) is 13.2. The highest BCUT2D eigenvalue weighted by Crippen LogP contribution is 2.28. The van der Waals surface area contributed by atoms with Gasteiger partial charge in [0.05, 0.1) is 5.60 Å². The van der Waals surface area contributed by atoms with Crippen LogP contribution in [0.5, 0.6) is 0 Å². The molecule has 1 atom stereocenters. The molecule has 0 radical (unpaired) electrons. The van der Waals surface area contributed by atoms with Crippen LogP contribution in [-0.4, -0.2) is 10.1 Å². The summed E-state index contributed by atoms with van der Waals surface area (Å²) in [5.74, 6) is -0.0265. The predicted molar refractivity (Wildman–Crippen MR) is 68.3 cm³/mol. The number of halogens is 1. The number of benzene rings is 1. The zero-order valence-corrected chi connectivity index (χ0v) is 10.1. The molecule has 0 bridgehead atoms. The molecule has 0 aliphatic carbocycles. The fourth-order valence-electron chi connectivity index (χ4n) is 2.01. The number of anilines is 1. The molecule has 0 saturated carbocycles. The minimum absolute atomic E-state index is 0.278. The van der Waals surface area contributed by atoms with Gasteiger partial charge < -0.3 is 10.8 Å². The number of nitrogen functional groups attached to an aromatic ring is 1. The molecule has 1 unspecified atom stereocenters. The number of nitrogens with zero attached hydrogens (tertiary/aromatic N) is 1. The molecule has 4 heteroatoms. The number of rotatable bonds is 3. The van der Waals surface area contributed by atoms with E-state index in [1.807, 2.05) is 0 Å². The number of hydrogen-bond donors (Lipinski definition) is 2. The summed E-state index contributed by atoms with van der Waals surface area (Å²) in [6.45, 7) is 1.64. The van der Waals surface area contributed by atoms with Crippen molar-refractivity contribution in [1.29, 1.82) is 0 Å². The van der Waals surface area contributed by atoms with Gasteiger partial charge in [0.2, 0.25) is 0 Å². The van der Waals surface area contributed by atoms with Crippen molar-refractivity contribution in [3.8, 4) is 0 Å². The van der Waals surface area contributed by atoms with Crippen LogP contribution in [-0.2, 0) is 12.0 Å². The third kappa shape index (κ3) is 2.65. The van der Waals surface area contributed by atoms with E-state index in [0.717, 1.165) is 0 Å². The van der Waals surface area contributed by atoms with E-state index >= 15 is 0 Å². The summed E-state index contributed by atoms with van der Waals surface area (Å²) in [7, 11) is 0. The summed E-state index contributed by atoms with van der Waals surface area (Å²) in [4.78, 5) is 3.95. The van der Waals surface area contributed by atoms with Crippen molar-refractivity contribution < 1.29 is 9.50 Å². The average Bonchev–Trinajstić information content (AvgIpc) is 2.28. The molecule has 0 amide bonds. The van der Waals surface area contributed by atoms with Crippen molar-refractivity contribution >= 4 is 5.82 Å². The Morgan fingerprint density at radius 3 is 2.78 bits per heavy atom. The first kappa shape index (κ1) is 12.5. The van der Waals surface area contributed by atoms with Crippen LogP contribution in [0.4, 0.5) is 10.2 Å². The fraction of sp³-hybridized carbons (Fsp3) is 0.214. The smallest absolute Gasteiger partial charge is 0.129 e. The topological polar surface area (TPSA) is 59.1 Å². The maximum absolute atomic E-state index is 13.1. The van der Waals surface area contributed by atoms with Crippen molar-refractivity contribution in [2.45, 2.75) is 18.9 Å². The third-order valence-electron chi connectivity index (χ3n) is 2.86. The van der Waals surface area contributed by atoms with Gasteiger partial charge in [-0.15, -0.1) is 0 Å². The minimum atomic E-state index is -1.17. The second-order valence-corrected chi connectivity index (χ2v) is 4.52. The maximum atomic E-state index is 13.1. The minimum Gasteiger partial charge on any atom is -0.385 e. The SMILES string of the molecule is CC(O)(Cc1cccc(F)c1)c1cccnc1N. The van der Waals surface area contributed by atoms with Gasteiger partial charge in [-0.3, -0.25) is 0 Å². The Bertz CT molecular complexity index is 555. The van der Waals surface area contributed by atoms with Gasteiger partial charge in [0, 0.05) is 18.2 Å². The van der Waals surface area contributed by atoms with Crippen molar-refractivity contribution in [3.05, 3.63) is 59.5 Å². The summed E-state index contributed by atoms with van der Waals surface area (Å²) in [6, 6.07) is 9.60. The Morgan fingerprint density at radius 1 is 1.33 bits per heavy atom. The second-order valence-electron chi connectivity index (χ2n) is 4.52. The van der Waals surface area contributed by atoms with Crippen LogP contribution in [0.25, 0.3) is 0 Å². The molecule has 1 heterocycles. The summed E-state index contributed by atoms with van der Waals surface area (Å²) in [6.07, 6.45) is 1.84. The highest BCUT2D eigenvalue weighted by Gasteiger charge is 2.26. The Hall–Kier alpha value is -1.94. The number of aliphatic hydroxyl groups is 1. The zero-order valence-electron chi connectivity index (χ0n) is 10.1. The van der Waals surface area contributed by atoms with Gasteiger partial charge in [0.1, 0.15) is 11.6 Å². The van der Waals surface area contributed by atoms with Gasteiger partial charge in [0.25, 0.3) is 0 Å². The molecular weight excluding hydrogens is 231 g/mol. The van der Waals surface area contributed by atoms with E-state index in [0.29, 0.717) is 16.9 Å². The lowest BCUT2D eigenvalue weighted by molar-refractivity contribution is 0.0581. The number of hydrogen-bond acceptors (Lipinski definition) is 3. The van der Waals surface area contributed by atoms with E-state index in [1.54, 1.807) is 37.4 Å². The Morgan fingerprint density at radius 2 is 2.11 bits per heavy atom. The third-order valence-corrected chi connectivity index (χ3v) is 2.86. The summed E-state index contributed by atoms with van der Waals surface area (Å²) in [5, 5.41) is 10.5. The van der Waals surface area contributed by atoms with Crippen LogP contribution >= 0.6 is 0 Å². The van der Waals surface area contributed by atoms with E-state index in [9.17, 15) is 9.50 Å². The average molecular weight is 246 g/mol. The number of aromatic nitrogens is 1. The van der Waals surface area contributed by atoms with Gasteiger partial charge in [0.15, 0.2) is 0 Å². The van der Waals surface area contributed by atoms with Gasteiger partial charge >= 0.3 is 0 Å². The molecular formula is C14H15FN2O. The van der Waals surface area contributed by atoms with Crippen LogP contribution in [0.15, 0.2) is 42.6 Å². The molecule has 0 saturated heterocycles. The van der Waals surface area contributed by atoms with E-state index in [-0.39, 0.29) is 12.2 Å². The van der Waals surface area contributed by atoms with Gasteiger partial charge in [-0.05, 0) is 30.7 Å². The highest BCUT2D eigenvalue weighted by atomic mass is 19.1. The first-order valence-electron chi connectivity index (χ1n) is 5.67. The highest BCUT2D eigenvalue weighted by molar-refractivity contribution is 5.43. The second kappa shape index (κ2) is 4.74. The molecule has 1 aromatic carbocycles. The van der Waals surface area contributed by atoms with Crippen LogP contribution in [0.1, 0.15) is 18.1 Å². The molecule has 3 nitrogen and oxygen atoms in total. The van der Waals surface area contributed by atoms with Gasteiger partial charge in [-0.2, -0.15) is 0 Å². The molecule has 0 fully saturated rings. The van der Waals surface area contributed by atoms with Crippen LogP contribution < -0.4 is 5.73 Å². The van der Waals surface area contributed by atoms with Crippen molar-refractivity contribution in [2.75, 3.05) is 5.73 Å². The van der Waals surface area contributed by atoms with Crippen LogP contribution in [0.2, 0.25) is 0 Å². The molecule has 1 aromatic heterocycles. The molecule has 0 spiro atoms. The standard InChI is InChI=1S/C14H15FN2O/c1-14(18,12-6-3-7-17-13(12)16)9-10-4-2-5-11(15)8-10/h2-8,18H,9H2,1H3,(H2,16,17). The van der Waals surface area contributed by atoms with Crippen molar-refractivity contribution in [2.24, 2.45) is 0 Å². The lowest BCUT2D eigenvalue weighted by Gasteiger charge is -2.24. The first-order valence-corrected chi connectivity index (χ1v) is 5.67. The Kier molecular flexibility index (Phi) is 3.30. The Balaban J connectivity index is 2.30. The lowest BCUT2D eigenvalue weighted by atomic mass is 9.89. The summed E-state index contributed by atoms with van der Waals surface area (Å²) < 4.78 is 13.1. The van der Waals surface area contributed by atoms with Gasteiger partial charge in [-0.25, -0.2) is 9.37 Å². The fourth-order valence-corrected chi connectivity index (χ4v) is 2.01. The van der Waals surface area contributed by atoms with Gasteiger partial charge in [-0.1, -0.05) is 18.2 Å². The largest absolute Gasteiger partial charge is 0.385 e. The van der Waals surface area contributed by atoms with E-state index in [1.165, 1.54) is 12.1 Å². The number of nitrogens with two attached hydrogens (primary N) is 1. The maximum Gasteiger partial charge on any atom is 0.129 e. The van der Waals surface area contributed by atoms with E-state index in [2.05, 4.69) is 4.98 Å². The number of pyridine rings is 1. The lowest BCUT2D eigenvalue weighted by Crippen LogP contribution is -2.26. The summed E-state index contributed by atoms with van der Waals surface area (Å²) >= 11 is 0. The first-order chi connectivity index (χ1) is 8.49. The van der Waals surface area contributed by atoms with E-state index < -0.39 is 5.60 Å². The van der Waals surface area contributed by atoms with Crippen LogP contribution in [0.3, 0.4) is 0 Å². The molecule has 3 N–H and O–H groups in total.